The molecule has 6 heteroatoms. The number of carboxylic acids is 1. The highest BCUT2D eigenvalue weighted by Crippen LogP contribution is 2.33. The van der Waals surface area contributed by atoms with Gasteiger partial charge >= 0.3 is 5.97 Å². The molecule has 1 atom stereocenters. The molecule has 0 amide bonds. The molecule has 0 radical (unpaired) electrons. The summed E-state index contributed by atoms with van der Waals surface area (Å²) in [5, 5.41) is 9.79. The maximum Gasteiger partial charge on any atom is 0.303 e. The van der Waals surface area contributed by atoms with Crippen LogP contribution in [0.5, 0.6) is 0 Å². The number of fused-ring (bicyclic) bond motifs is 2. The van der Waals surface area contributed by atoms with Crippen LogP contribution in [0, 0.1) is 6.92 Å². The van der Waals surface area contributed by atoms with Gasteiger partial charge in [0.1, 0.15) is 0 Å². The standard InChI is InChI=1S/C22H23N3O2S/c1-14-7-5-8-16-15(2)23-18(21(14)16)13-25-19-10-4-3-9-17(19)24-22(25)28-12-6-11-20(26)27/h3-5,7-10,15H,6,11-13H2,1-2H3,(H,26,27). The van der Waals surface area contributed by atoms with Crippen molar-refractivity contribution >= 4 is 34.5 Å². The van der Waals surface area contributed by atoms with Crippen LogP contribution in [0.3, 0.4) is 0 Å². The van der Waals surface area contributed by atoms with Crippen LogP contribution in [0.2, 0.25) is 0 Å². The minimum absolute atomic E-state index is 0.173. The predicted molar refractivity (Wildman–Crippen MR) is 113 cm³/mol. The largest absolute Gasteiger partial charge is 0.481 e. The number of aromatic nitrogens is 2. The van der Waals surface area contributed by atoms with E-state index in [1.54, 1.807) is 11.8 Å². The van der Waals surface area contributed by atoms with Gasteiger partial charge in [0.25, 0.3) is 0 Å². The second-order valence-corrected chi connectivity index (χ2v) is 8.17. The van der Waals surface area contributed by atoms with Gasteiger partial charge in [-0.15, -0.1) is 0 Å². The van der Waals surface area contributed by atoms with Crippen LogP contribution in [0.15, 0.2) is 52.6 Å². The number of hydrogen-bond acceptors (Lipinski definition) is 4. The zero-order valence-corrected chi connectivity index (χ0v) is 16.9. The Labute approximate surface area is 168 Å². The topological polar surface area (TPSA) is 67.5 Å². The number of nitrogens with zero attached hydrogens (tertiary/aromatic N) is 3. The molecule has 1 aliphatic heterocycles. The van der Waals surface area contributed by atoms with E-state index in [0.717, 1.165) is 27.7 Å². The van der Waals surface area contributed by atoms with Gasteiger partial charge in [0, 0.05) is 17.7 Å². The van der Waals surface area contributed by atoms with Gasteiger partial charge in [0.05, 0.1) is 29.3 Å². The zero-order valence-electron chi connectivity index (χ0n) is 16.1. The third-order valence-corrected chi connectivity index (χ3v) is 6.15. The highest BCUT2D eigenvalue weighted by molar-refractivity contribution is 7.99. The van der Waals surface area contributed by atoms with Crippen LogP contribution in [-0.4, -0.2) is 32.1 Å². The Balaban J connectivity index is 1.66. The van der Waals surface area contributed by atoms with Crippen molar-refractivity contribution < 1.29 is 9.90 Å². The van der Waals surface area contributed by atoms with Crippen molar-refractivity contribution in [1.82, 2.24) is 9.55 Å². The highest BCUT2D eigenvalue weighted by Gasteiger charge is 2.24. The first-order valence-corrected chi connectivity index (χ1v) is 10.5. The molecule has 0 spiro atoms. The van der Waals surface area contributed by atoms with E-state index in [2.05, 4.69) is 42.7 Å². The molecular formula is C22H23N3O2S. The van der Waals surface area contributed by atoms with E-state index in [-0.39, 0.29) is 12.5 Å². The van der Waals surface area contributed by atoms with E-state index in [0.29, 0.717) is 13.0 Å². The Kier molecular flexibility index (Phi) is 5.22. The molecule has 0 fully saturated rings. The molecule has 1 N–H and O–H groups in total. The summed E-state index contributed by atoms with van der Waals surface area (Å²) in [5.74, 6) is -0.0239. The molecule has 2 heterocycles. The minimum atomic E-state index is -0.754. The van der Waals surface area contributed by atoms with Gasteiger partial charge in [-0.1, -0.05) is 42.1 Å². The van der Waals surface area contributed by atoms with Gasteiger partial charge in [-0.05, 0) is 43.5 Å². The number of aliphatic imine (C=N–C) groups is 1. The Morgan fingerprint density at radius 3 is 2.86 bits per heavy atom. The predicted octanol–water partition coefficient (Wildman–Crippen LogP) is 4.87. The van der Waals surface area contributed by atoms with E-state index in [9.17, 15) is 4.79 Å². The molecule has 4 rings (SSSR count). The lowest BCUT2D eigenvalue weighted by Crippen LogP contribution is -2.12. The average molecular weight is 394 g/mol. The third kappa shape index (κ3) is 3.56. The molecule has 1 aliphatic rings. The minimum Gasteiger partial charge on any atom is -0.481 e. The fraction of sp³-hybridized carbons (Fsp3) is 0.318. The van der Waals surface area contributed by atoms with Crippen molar-refractivity contribution in [1.29, 1.82) is 0 Å². The summed E-state index contributed by atoms with van der Waals surface area (Å²) in [4.78, 5) is 20.5. The lowest BCUT2D eigenvalue weighted by Gasteiger charge is -2.12. The molecule has 0 aliphatic carbocycles. The van der Waals surface area contributed by atoms with Gasteiger partial charge < -0.3 is 9.67 Å². The highest BCUT2D eigenvalue weighted by atomic mass is 32.2. The first kappa shape index (κ1) is 18.7. The van der Waals surface area contributed by atoms with Gasteiger partial charge in [-0.3, -0.25) is 9.79 Å². The first-order valence-electron chi connectivity index (χ1n) is 9.51. The zero-order chi connectivity index (χ0) is 19.7. The molecule has 1 unspecified atom stereocenters. The monoisotopic (exact) mass is 393 g/mol. The van der Waals surface area contributed by atoms with Crippen molar-refractivity contribution in [2.45, 2.75) is 44.4 Å². The smallest absolute Gasteiger partial charge is 0.303 e. The number of hydrogen-bond donors (Lipinski definition) is 1. The molecule has 1 aromatic heterocycles. The number of imidazole rings is 1. The van der Waals surface area contributed by atoms with Crippen molar-refractivity contribution in [2.24, 2.45) is 4.99 Å². The summed E-state index contributed by atoms with van der Waals surface area (Å²) in [6.45, 7) is 4.95. The van der Waals surface area contributed by atoms with E-state index in [1.165, 1.54) is 16.7 Å². The van der Waals surface area contributed by atoms with Crippen molar-refractivity contribution in [2.75, 3.05) is 5.75 Å². The number of aliphatic carboxylic acids is 1. The van der Waals surface area contributed by atoms with E-state index in [1.807, 2.05) is 18.2 Å². The van der Waals surface area contributed by atoms with Gasteiger partial charge in [0.2, 0.25) is 0 Å². The maximum absolute atomic E-state index is 10.8. The Morgan fingerprint density at radius 1 is 1.21 bits per heavy atom. The molecule has 28 heavy (non-hydrogen) atoms. The fourth-order valence-electron chi connectivity index (χ4n) is 3.77. The summed E-state index contributed by atoms with van der Waals surface area (Å²) in [6, 6.07) is 14.7. The molecule has 2 aromatic carbocycles. The van der Waals surface area contributed by atoms with Crippen LogP contribution in [0.4, 0.5) is 0 Å². The summed E-state index contributed by atoms with van der Waals surface area (Å²) < 4.78 is 2.22. The van der Waals surface area contributed by atoms with Crippen LogP contribution in [-0.2, 0) is 11.3 Å². The van der Waals surface area contributed by atoms with Crippen LogP contribution >= 0.6 is 11.8 Å². The second-order valence-electron chi connectivity index (χ2n) is 7.11. The van der Waals surface area contributed by atoms with Crippen molar-refractivity contribution in [3.05, 3.63) is 59.2 Å². The SMILES string of the molecule is Cc1cccc2c1C(Cn1c(SCCCC(=O)O)nc3ccccc31)=NC2C. The molecule has 144 valence electrons. The summed E-state index contributed by atoms with van der Waals surface area (Å²) >= 11 is 1.62. The van der Waals surface area contributed by atoms with Crippen molar-refractivity contribution in [3.8, 4) is 0 Å². The number of aryl methyl sites for hydroxylation is 1. The van der Waals surface area contributed by atoms with E-state index in [4.69, 9.17) is 15.1 Å². The number of thioether (sulfide) groups is 1. The van der Waals surface area contributed by atoms with Crippen LogP contribution in [0.1, 0.15) is 42.5 Å². The number of rotatable bonds is 7. The van der Waals surface area contributed by atoms with Crippen molar-refractivity contribution in [3.63, 3.8) is 0 Å². The van der Waals surface area contributed by atoms with Gasteiger partial charge in [0.15, 0.2) is 5.16 Å². The molecule has 5 nitrogen and oxygen atoms in total. The van der Waals surface area contributed by atoms with Gasteiger partial charge in [-0.2, -0.15) is 0 Å². The summed E-state index contributed by atoms with van der Waals surface area (Å²) in [7, 11) is 0. The maximum atomic E-state index is 10.8. The normalized spacial score (nSPS) is 15.6. The molecule has 0 saturated heterocycles. The molecule has 0 saturated carbocycles. The lowest BCUT2D eigenvalue weighted by atomic mass is 9.97. The molecular weight excluding hydrogens is 370 g/mol. The number of benzene rings is 2. The van der Waals surface area contributed by atoms with Crippen LogP contribution < -0.4 is 0 Å². The van der Waals surface area contributed by atoms with E-state index < -0.39 is 5.97 Å². The molecule has 0 bridgehead atoms. The number of carboxylic acid groups (broad SMARTS) is 1. The summed E-state index contributed by atoms with van der Waals surface area (Å²) in [6.07, 6.45) is 0.813. The second kappa shape index (κ2) is 7.80. The van der Waals surface area contributed by atoms with E-state index >= 15 is 0 Å². The fourth-order valence-corrected chi connectivity index (χ4v) is 4.73. The van der Waals surface area contributed by atoms with Crippen LogP contribution in [0.25, 0.3) is 11.0 Å². The Hall–Kier alpha value is -2.60. The average Bonchev–Trinajstić information content (AvgIpc) is 3.18. The summed E-state index contributed by atoms with van der Waals surface area (Å²) in [5.41, 5.74) is 6.93. The quantitative estimate of drug-likeness (QED) is 0.459. The third-order valence-electron chi connectivity index (χ3n) is 5.09. The Bertz CT molecular complexity index is 1070. The molecule has 3 aromatic rings. The Morgan fingerprint density at radius 2 is 2.04 bits per heavy atom. The first-order chi connectivity index (χ1) is 13.5. The number of para-hydroxylation sites is 2. The van der Waals surface area contributed by atoms with Gasteiger partial charge in [-0.25, -0.2) is 4.98 Å². The lowest BCUT2D eigenvalue weighted by molar-refractivity contribution is -0.137. The number of carbonyl (C=O) groups is 1.